The molecule has 1 spiro atoms. The summed E-state index contributed by atoms with van der Waals surface area (Å²) >= 11 is 8.24. The summed E-state index contributed by atoms with van der Waals surface area (Å²) in [6.45, 7) is 0. The van der Waals surface area contributed by atoms with Crippen LogP contribution in [0.2, 0.25) is 5.02 Å². The molecular weight excluding hydrogens is 560 g/mol. The lowest BCUT2D eigenvalue weighted by atomic mass is 9.70. The van der Waals surface area contributed by atoms with Gasteiger partial charge >= 0.3 is 0 Å². The minimum absolute atomic E-state index is 0.343. The third-order valence-electron chi connectivity index (χ3n) is 9.72. The number of thiophene rings is 1. The topological polar surface area (TPSA) is 0 Å². The van der Waals surface area contributed by atoms with Crippen LogP contribution in [0, 0.1) is 0 Å². The van der Waals surface area contributed by atoms with E-state index in [1.165, 1.54) is 86.6 Å². The number of halogens is 1. The second kappa shape index (κ2) is 8.45. The number of hydrogen-bond donors (Lipinski definition) is 0. The molecule has 7 aromatic carbocycles. The zero-order chi connectivity index (χ0) is 28.3. The Bertz CT molecular complexity index is 2480. The predicted octanol–water partition coefficient (Wildman–Crippen LogP) is 11.9. The summed E-state index contributed by atoms with van der Waals surface area (Å²) < 4.78 is 2.56. The Morgan fingerprint density at radius 2 is 0.977 bits per heavy atom. The first-order chi connectivity index (χ1) is 21.2. The average molecular weight is 583 g/mol. The first-order valence-corrected chi connectivity index (χ1v) is 15.9. The van der Waals surface area contributed by atoms with E-state index in [0.29, 0.717) is 0 Å². The lowest BCUT2D eigenvalue weighted by molar-refractivity contribution is 0.795. The van der Waals surface area contributed by atoms with Crippen LogP contribution in [0.1, 0.15) is 22.3 Å². The molecule has 0 nitrogen and oxygen atoms in total. The van der Waals surface area contributed by atoms with E-state index in [1.54, 1.807) is 0 Å². The lowest BCUT2D eigenvalue weighted by Gasteiger charge is -2.30. The predicted molar refractivity (Wildman–Crippen MR) is 184 cm³/mol. The van der Waals surface area contributed by atoms with Crippen LogP contribution >= 0.6 is 22.9 Å². The Labute approximate surface area is 258 Å². The van der Waals surface area contributed by atoms with Crippen molar-refractivity contribution in [2.45, 2.75) is 5.41 Å². The van der Waals surface area contributed by atoms with Crippen molar-refractivity contribution in [3.05, 3.63) is 167 Å². The Balaban J connectivity index is 1.25. The van der Waals surface area contributed by atoms with Gasteiger partial charge in [-0.1, -0.05) is 103 Å². The number of benzene rings is 7. The molecule has 8 aromatic rings. The van der Waals surface area contributed by atoms with Gasteiger partial charge in [-0.3, -0.25) is 0 Å². The molecule has 1 heterocycles. The molecule has 0 radical (unpaired) electrons. The summed E-state index contributed by atoms with van der Waals surface area (Å²) in [5.74, 6) is 0. The van der Waals surface area contributed by atoms with Crippen LogP contribution < -0.4 is 0 Å². The van der Waals surface area contributed by atoms with E-state index in [-0.39, 0.29) is 5.41 Å². The third-order valence-corrected chi connectivity index (χ3v) is 11.1. The molecule has 43 heavy (non-hydrogen) atoms. The van der Waals surface area contributed by atoms with Gasteiger partial charge in [-0.2, -0.15) is 0 Å². The van der Waals surface area contributed by atoms with Crippen LogP contribution in [0.15, 0.2) is 140 Å². The molecular formula is C41H23ClS. The van der Waals surface area contributed by atoms with Crippen LogP contribution in [0.5, 0.6) is 0 Å². The zero-order valence-corrected chi connectivity index (χ0v) is 24.6. The molecule has 200 valence electrons. The van der Waals surface area contributed by atoms with Crippen LogP contribution in [0.4, 0.5) is 0 Å². The highest BCUT2D eigenvalue weighted by Gasteiger charge is 2.51. The number of hydrogen-bond acceptors (Lipinski definition) is 1. The van der Waals surface area contributed by atoms with Crippen molar-refractivity contribution in [1.29, 1.82) is 0 Å². The van der Waals surface area contributed by atoms with Crippen molar-refractivity contribution >= 4 is 53.9 Å². The summed E-state index contributed by atoms with van der Waals surface area (Å²) in [6, 6.07) is 51.9. The number of rotatable bonds is 1. The molecule has 10 rings (SSSR count). The number of fused-ring (bicyclic) bond motifs is 14. The molecule has 1 atom stereocenters. The molecule has 0 N–H and O–H groups in total. The van der Waals surface area contributed by atoms with Crippen LogP contribution in [0.25, 0.3) is 64.3 Å². The quantitative estimate of drug-likeness (QED) is 0.180. The molecule has 0 aliphatic heterocycles. The summed E-state index contributed by atoms with van der Waals surface area (Å²) in [4.78, 5) is 0. The van der Waals surface area contributed by atoms with Crippen molar-refractivity contribution in [3.8, 4) is 33.4 Å². The van der Waals surface area contributed by atoms with Crippen LogP contribution in [-0.4, -0.2) is 0 Å². The molecule has 2 aliphatic carbocycles. The highest BCUT2D eigenvalue weighted by molar-refractivity contribution is 7.25. The molecule has 0 amide bonds. The zero-order valence-electron chi connectivity index (χ0n) is 23.1. The second-order valence-corrected chi connectivity index (χ2v) is 13.3. The van der Waals surface area contributed by atoms with Gasteiger partial charge in [0.2, 0.25) is 0 Å². The van der Waals surface area contributed by atoms with E-state index in [9.17, 15) is 0 Å². The maximum atomic E-state index is 6.41. The van der Waals surface area contributed by atoms with Gasteiger partial charge < -0.3 is 0 Å². The fraction of sp³-hybridized carbons (Fsp3) is 0.0244. The van der Waals surface area contributed by atoms with E-state index < -0.39 is 0 Å². The summed E-state index contributed by atoms with van der Waals surface area (Å²) in [5, 5.41) is 5.84. The summed E-state index contributed by atoms with van der Waals surface area (Å²) in [6.07, 6.45) is 0. The van der Waals surface area contributed by atoms with Gasteiger partial charge in [-0.15, -0.1) is 11.3 Å². The van der Waals surface area contributed by atoms with Crippen molar-refractivity contribution in [3.63, 3.8) is 0 Å². The van der Waals surface area contributed by atoms with Gasteiger partial charge in [0.25, 0.3) is 0 Å². The summed E-state index contributed by atoms with van der Waals surface area (Å²) in [5.41, 5.74) is 12.9. The molecule has 1 aromatic heterocycles. The maximum Gasteiger partial charge on any atom is 0.0725 e. The third kappa shape index (κ3) is 3.06. The van der Waals surface area contributed by atoms with Crippen molar-refractivity contribution in [2.75, 3.05) is 0 Å². The smallest absolute Gasteiger partial charge is 0.0725 e. The van der Waals surface area contributed by atoms with Gasteiger partial charge in [-0.25, -0.2) is 0 Å². The molecule has 1 unspecified atom stereocenters. The molecule has 0 saturated carbocycles. The second-order valence-electron chi connectivity index (χ2n) is 11.8. The normalized spacial score (nSPS) is 16.1. The Morgan fingerprint density at radius 3 is 1.74 bits per heavy atom. The molecule has 0 bridgehead atoms. The minimum Gasteiger partial charge on any atom is -0.135 e. The fourth-order valence-corrected chi connectivity index (χ4v) is 9.18. The van der Waals surface area contributed by atoms with E-state index in [2.05, 4.69) is 133 Å². The van der Waals surface area contributed by atoms with E-state index >= 15 is 0 Å². The standard InChI is InChI=1S/C41H23ClS/c42-28-15-18-40-34(23-28)33-21-27(14-17-39(33)43-40)26-13-16-37-31(20-26)29-9-3-5-11-35(29)41(37)36-12-6-4-10-30(36)32-19-24-7-1-2-8-25(24)22-38(32)41/h1-23H. The lowest BCUT2D eigenvalue weighted by Crippen LogP contribution is -2.25. The first-order valence-electron chi connectivity index (χ1n) is 14.7. The molecule has 2 aliphatic rings. The largest absolute Gasteiger partial charge is 0.135 e. The molecule has 0 saturated heterocycles. The highest BCUT2D eigenvalue weighted by Crippen LogP contribution is 2.63. The molecule has 0 fully saturated rings. The van der Waals surface area contributed by atoms with Crippen LogP contribution in [0.3, 0.4) is 0 Å². The van der Waals surface area contributed by atoms with Gasteiger partial charge in [0.1, 0.15) is 0 Å². The van der Waals surface area contributed by atoms with Gasteiger partial charge in [0, 0.05) is 25.2 Å². The van der Waals surface area contributed by atoms with E-state index in [1.807, 2.05) is 17.4 Å². The van der Waals surface area contributed by atoms with Crippen molar-refractivity contribution in [1.82, 2.24) is 0 Å². The first kappa shape index (κ1) is 23.8. The van der Waals surface area contributed by atoms with E-state index in [0.717, 1.165) is 5.02 Å². The van der Waals surface area contributed by atoms with E-state index in [4.69, 9.17) is 11.6 Å². The SMILES string of the molecule is Clc1ccc2sc3ccc(-c4ccc5c(c4)-c4ccccc4C54c5ccccc5-c5cc6ccccc6cc54)cc3c2c1. The molecule has 2 heteroatoms. The highest BCUT2D eigenvalue weighted by atomic mass is 35.5. The monoisotopic (exact) mass is 582 g/mol. The fourth-order valence-electron chi connectivity index (χ4n) is 7.94. The maximum absolute atomic E-state index is 6.41. The minimum atomic E-state index is -0.343. The average Bonchev–Trinajstić information content (AvgIpc) is 3.66. The van der Waals surface area contributed by atoms with Crippen molar-refractivity contribution in [2.24, 2.45) is 0 Å². The Kier molecular flexibility index (Phi) is 4.68. The van der Waals surface area contributed by atoms with Gasteiger partial charge in [0.15, 0.2) is 0 Å². The Morgan fingerprint density at radius 1 is 0.419 bits per heavy atom. The van der Waals surface area contributed by atoms with Crippen molar-refractivity contribution < 1.29 is 0 Å². The van der Waals surface area contributed by atoms with Crippen LogP contribution in [-0.2, 0) is 5.41 Å². The Hall–Kier alpha value is -4.69. The summed E-state index contributed by atoms with van der Waals surface area (Å²) in [7, 11) is 0. The van der Waals surface area contributed by atoms with Gasteiger partial charge in [0.05, 0.1) is 5.41 Å². The van der Waals surface area contributed by atoms with Gasteiger partial charge in [-0.05, 0) is 115 Å².